The van der Waals surface area contributed by atoms with Gasteiger partial charge in [0.2, 0.25) is 5.91 Å². The number of amides is 1. The Hall–Kier alpha value is -1.01. The number of nitrogens with one attached hydrogen (secondary N) is 1. The van der Waals surface area contributed by atoms with E-state index in [1.807, 2.05) is 0 Å². The second-order valence-corrected chi connectivity index (χ2v) is 20.1. The highest BCUT2D eigenvalue weighted by Crippen LogP contribution is 2.30. The van der Waals surface area contributed by atoms with Crippen LogP contribution in [0.3, 0.4) is 0 Å². The van der Waals surface area contributed by atoms with Crippen molar-refractivity contribution in [1.29, 1.82) is 0 Å². The van der Waals surface area contributed by atoms with E-state index in [1.54, 1.807) is 0 Å². The SMILES string of the molecule is CCCCCCCCCCCCCCCCCCCCCCCCCCCCCCC(O)C(COC1OC(CO)C(OC2OC(CO)C(O)C(O)C2O)C(O)C1O)NC(=O)CCCCCCC. The molecule has 0 spiro atoms. The summed E-state index contributed by atoms with van der Waals surface area (Å²) in [7, 11) is 0. The Morgan fingerprint density at radius 3 is 1.27 bits per heavy atom. The van der Waals surface area contributed by atoms with E-state index in [2.05, 4.69) is 19.2 Å². The normalized spacial score (nSPS) is 26.5. The van der Waals surface area contributed by atoms with Gasteiger partial charge in [0.05, 0.1) is 32.0 Å². The van der Waals surface area contributed by atoms with Crippen LogP contribution in [0.25, 0.3) is 0 Å². The van der Waals surface area contributed by atoms with Gasteiger partial charge in [0.1, 0.15) is 48.8 Å². The van der Waals surface area contributed by atoms with Crippen molar-refractivity contribution < 1.29 is 64.6 Å². The van der Waals surface area contributed by atoms with E-state index in [0.717, 1.165) is 57.8 Å². The van der Waals surface area contributed by atoms with Crippen molar-refractivity contribution in [2.45, 2.75) is 312 Å². The minimum atomic E-state index is -1.78. The number of hydrogen-bond donors (Lipinski definition) is 9. The number of carbonyl (C=O) groups is 1. The molecule has 9 N–H and O–H groups in total. The Morgan fingerprint density at radius 1 is 0.478 bits per heavy atom. The van der Waals surface area contributed by atoms with Gasteiger partial charge in [-0.25, -0.2) is 0 Å². The van der Waals surface area contributed by atoms with Gasteiger partial charge < -0.3 is 65.1 Å². The number of hydrogen-bond acceptors (Lipinski definition) is 13. The predicted molar refractivity (Wildman–Crippen MR) is 263 cm³/mol. The van der Waals surface area contributed by atoms with Crippen molar-refractivity contribution in [3.63, 3.8) is 0 Å². The summed E-state index contributed by atoms with van der Waals surface area (Å²) in [4.78, 5) is 13.0. The van der Waals surface area contributed by atoms with Crippen molar-refractivity contribution in [2.24, 2.45) is 0 Å². The van der Waals surface area contributed by atoms with E-state index >= 15 is 0 Å². The van der Waals surface area contributed by atoms with Crippen LogP contribution in [0.1, 0.15) is 239 Å². The molecule has 0 aromatic carbocycles. The Morgan fingerprint density at radius 2 is 0.851 bits per heavy atom. The summed E-state index contributed by atoms with van der Waals surface area (Å²) in [5.41, 5.74) is 0. The lowest BCUT2D eigenvalue weighted by Crippen LogP contribution is -2.65. The second-order valence-electron chi connectivity index (χ2n) is 20.1. The Kier molecular flexibility index (Phi) is 37.6. The fourth-order valence-corrected chi connectivity index (χ4v) is 9.53. The first-order valence-corrected chi connectivity index (χ1v) is 27.8. The molecule has 1 amide bonds. The molecular formula is C53H103NO13. The smallest absolute Gasteiger partial charge is 0.220 e. The van der Waals surface area contributed by atoms with E-state index < -0.39 is 86.8 Å². The van der Waals surface area contributed by atoms with Gasteiger partial charge in [0.15, 0.2) is 12.6 Å². The molecule has 0 aromatic rings. The molecule has 12 atom stereocenters. The van der Waals surface area contributed by atoms with Crippen LogP contribution in [0.15, 0.2) is 0 Å². The first-order valence-electron chi connectivity index (χ1n) is 27.8. The molecule has 2 aliphatic heterocycles. The first-order chi connectivity index (χ1) is 32.6. The molecule has 12 unspecified atom stereocenters. The Bertz CT molecular complexity index is 1140. The van der Waals surface area contributed by atoms with Crippen molar-refractivity contribution in [3.05, 3.63) is 0 Å². The standard InChI is InChI=1S/C53H103NO13/c1-3-5-7-9-10-11-12-13-14-15-16-17-18-19-20-21-22-23-24-25-26-27-28-29-30-31-33-34-36-42(57)41(54-45(58)37-35-32-8-6-4-2)40-64-52-50(63)48(61)51(44(39-56)66-52)67-53-49(62)47(60)46(59)43(38-55)65-53/h41-44,46-53,55-57,59-63H,3-40H2,1-2H3,(H,54,58). The summed E-state index contributed by atoms with van der Waals surface area (Å²) in [5, 5.41) is 86.6. The molecule has 0 bridgehead atoms. The van der Waals surface area contributed by atoms with Crippen molar-refractivity contribution in [3.8, 4) is 0 Å². The van der Waals surface area contributed by atoms with Gasteiger partial charge in [-0.3, -0.25) is 4.79 Å². The molecule has 0 radical (unpaired) electrons. The van der Waals surface area contributed by atoms with Gasteiger partial charge in [-0.15, -0.1) is 0 Å². The summed E-state index contributed by atoms with van der Waals surface area (Å²) in [6.45, 7) is 2.78. The van der Waals surface area contributed by atoms with Gasteiger partial charge in [-0.2, -0.15) is 0 Å². The number of carbonyl (C=O) groups excluding carboxylic acids is 1. The number of unbranched alkanes of at least 4 members (excludes halogenated alkanes) is 31. The molecule has 67 heavy (non-hydrogen) atoms. The number of rotatable bonds is 44. The van der Waals surface area contributed by atoms with Gasteiger partial charge in [0, 0.05) is 6.42 Å². The minimum Gasteiger partial charge on any atom is -0.394 e. The third kappa shape index (κ3) is 27.4. The summed E-state index contributed by atoms with van der Waals surface area (Å²) in [5.74, 6) is -0.217. The van der Waals surface area contributed by atoms with Crippen LogP contribution in [0, 0.1) is 0 Å². The highest BCUT2D eigenvalue weighted by atomic mass is 16.7. The molecule has 2 aliphatic rings. The van der Waals surface area contributed by atoms with E-state index in [9.17, 15) is 45.6 Å². The predicted octanol–water partition coefficient (Wildman–Crippen LogP) is 8.17. The zero-order valence-corrected chi connectivity index (χ0v) is 42.4. The van der Waals surface area contributed by atoms with Crippen LogP contribution in [-0.2, 0) is 23.7 Å². The third-order valence-corrected chi connectivity index (χ3v) is 14.1. The second kappa shape index (κ2) is 40.6. The molecule has 2 saturated heterocycles. The summed E-state index contributed by atoms with van der Waals surface area (Å²) in [6, 6.07) is -0.819. The lowest BCUT2D eigenvalue weighted by Gasteiger charge is -2.46. The minimum absolute atomic E-state index is 0.217. The van der Waals surface area contributed by atoms with Crippen molar-refractivity contribution >= 4 is 5.91 Å². The maximum atomic E-state index is 13.0. The maximum absolute atomic E-state index is 13.0. The van der Waals surface area contributed by atoms with Crippen LogP contribution >= 0.6 is 0 Å². The summed E-state index contributed by atoms with van der Waals surface area (Å²) in [6.07, 6.45) is 26.2. The zero-order chi connectivity index (χ0) is 48.9. The van der Waals surface area contributed by atoms with Crippen LogP contribution in [0.4, 0.5) is 0 Å². The first kappa shape index (κ1) is 62.1. The maximum Gasteiger partial charge on any atom is 0.220 e. The van der Waals surface area contributed by atoms with Crippen molar-refractivity contribution in [1.82, 2.24) is 5.32 Å². The largest absolute Gasteiger partial charge is 0.394 e. The molecule has 0 aromatic heterocycles. The number of aliphatic hydroxyl groups is 8. The summed E-state index contributed by atoms with van der Waals surface area (Å²) < 4.78 is 22.7. The lowest BCUT2D eigenvalue weighted by atomic mass is 9.97. The molecule has 0 saturated carbocycles. The van der Waals surface area contributed by atoms with Gasteiger partial charge in [-0.05, 0) is 12.8 Å². The Balaban J connectivity index is 1.60. The van der Waals surface area contributed by atoms with E-state index in [4.69, 9.17) is 18.9 Å². The van der Waals surface area contributed by atoms with E-state index in [1.165, 1.54) is 154 Å². The highest BCUT2D eigenvalue weighted by molar-refractivity contribution is 5.76. The quantitative estimate of drug-likeness (QED) is 0.0263. The zero-order valence-electron chi connectivity index (χ0n) is 42.4. The van der Waals surface area contributed by atoms with E-state index in [0.29, 0.717) is 12.8 Å². The van der Waals surface area contributed by atoms with Crippen molar-refractivity contribution in [2.75, 3.05) is 19.8 Å². The van der Waals surface area contributed by atoms with Crippen LogP contribution in [-0.4, -0.2) is 140 Å². The number of aliphatic hydroxyl groups excluding tert-OH is 8. The third-order valence-electron chi connectivity index (χ3n) is 14.1. The molecular weight excluding hydrogens is 859 g/mol. The highest BCUT2D eigenvalue weighted by Gasteiger charge is 2.51. The molecule has 14 heteroatoms. The molecule has 398 valence electrons. The lowest BCUT2D eigenvalue weighted by molar-refractivity contribution is -0.359. The molecule has 0 aliphatic carbocycles. The Labute approximate surface area is 406 Å². The van der Waals surface area contributed by atoms with E-state index in [-0.39, 0.29) is 12.5 Å². The fourth-order valence-electron chi connectivity index (χ4n) is 9.53. The molecule has 2 heterocycles. The number of ether oxygens (including phenoxy) is 4. The average molecular weight is 962 g/mol. The van der Waals surface area contributed by atoms with Gasteiger partial charge in [-0.1, -0.05) is 219 Å². The van der Waals surface area contributed by atoms with Gasteiger partial charge >= 0.3 is 0 Å². The fraction of sp³-hybridized carbons (Fsp3) is 0.981. The monoisotopic (exact) mass is 962 g/mol. The average Bonchev–Trinajstić information content (AvgIpc) is 3.32. The molecule has 2 rings (SSSR count). The topological polar surface area (TPSA) is 228 Å². The molecule has 2 fully saturated rings. The summed E-state index contributed by atoms with van der Waals surface area (Å²) >= 11 is 0. The molecule has 14 nitrogen and oxygen atoms in total. The van der Waals surface area contributed by atoms with Crippen LogP contribution in [0.5, 0.6) is 0 Å². The van der Waals surface area contributed by atoms with Gasteiger partial charge in [0.25, 0.3) is 0 Å². The van der Waals surface area contributed by atoms with Crippen LogP contribution < -0.4 is 5.32 Å². The van der Waals surface area contributed by atoms with Crippen LogP contribution in [0.2, 0.25) is 0 Å².